The zero-order valence-corrected chi connectivity index (χ0v) is 11.1. The van der Waals surface area contributed by atoms with Crippen molar-refractivity contribution in [3.05, 3.63) is 0 Å². The molecule has 2 aliphatic carbocycles. The third kappa shape index (κ3) is 2.55. The minimum atomic E-state index is 0.251. The lowest BCUT2D eigenvalue weighted by Crippen LogP contribution is -2.43. The molecule has 2 nitrogen and oxygen atoms in total. The van der Waals surface area contributed by atoms with Crippen LogP contribution < -0.4 is 5.32 Å². The number of carbonyl (C=O) groups is 1. The highest BCUT2D eigenvalue weighted by molar-refractivity contribution is 9.09. The van der Waals surface area contributed by atoms with Crippen molar-refractivity contribution in [2.24, 2.45) is 11.3 Å². The number of amides is 1. The van der Waals surface area contributed by atoms with Gasteiger partial charge in [0.15, 0.2) is 0 Å². The quantitative estimate of drug-likeness (QED) is 0.771. The van der Waals surface area contributed by atoms with E-state index >= 15 is 0 Å². The van der Waals surface area contributed by atoms with Crippen LogP contribution in [0, 0.1) is 11.3 Å². The van der Waals surface area contributed by atoms with Crippen molar-refractivity contribution in [3.8, 4) is 0 Å². The third-order valence-corrected chi connectivity index (χ3v) is 4.94. The highest BCUT2D eigenvalue weighted by Crippen LogP contribution is 2.51. The third-order valence-electron chi connectivity index (χ3n) is 3.84. The second kappa shape index (κ2) is 4.08. The second-order valence-corrected chi connectivity index (χ2v) is 6.84. The van der Waals surface area contributed by atoms with Crippen molar-refractivity contribution in [2.75, 3.05) is 0 Å². The first-order valence-electron chi connectivity index (χ1n) is 5.95. The monoisotopic (exact) mass is 273 g/mol. The number of alkyl halides is 1. The van der Waals surface area contributed by atoms with Crippen LogP contribution in [-0.4, -0.2) is 16.8 Å². The maximum Gasteiger partial charge on any atom is 0.223 e. The molecule has 0 aliphatic heterocycles. The van der Waals surface area contributed by atoms with E-state index in [-0.39, 0.29) is 17.2 Å². The van der Waals surface area contributed by atoms with Gasteiger partial charge in [-0.2, -0.15) is 0 Å². The number of carbonyl (C=O) groups excluding carboxylic acids is 1. The maximum atomic E-state index is 11.9. The van der Waals surface area contributed by atoms with Crippen LogP contribution in [0.5, 0.6) is 0 Å². The first-order valence-corrected chi connectivity index (χ1v) is 6.87. The molecule has 3 unspecified atom stereocenters. The van der Waals surface area contributed by atoms with E-state index in [1.807, 2.05) is 0 Å². The molecule has 15 heavy (non-hydrogen) atoms. The SMILES string of the molecule is CC1(C)CC1C(=O)NC1CCCCC1Br. The van der Waals surface area contributed by atoms with Crippen LogP contribution in [-0.2, 0) is 4.79 Å². The van der Waals surface area contributed by atoms with Gasteiger partial charge in [0.25, 0.3) is 0 Å². The van der Waals surface area contributed by atoms with Crippen molar-refractivity contribution in [2.45, 2.75) is 56.8 Å². The number of rotatable bonds is 2. The molecule has 0 spiro atoms. The number of halogens is 1. The summed E-state index contributed by atoms with van der Waals surface area (Å²) in [7, 11) is 0. The van der Waals surface area contributed by atoms with Gasteiger partial charge in [-0.05, 0) is 24.7 Å². The molecule has 86 valence electrons. The summed E-state index contributed by atoms with van der Waals surface area (Å²) in [5.74, 6) is 0.537. The van der Waals surface area contributed by atoms with Crippen molar-refractivity contribution >= 4 is 21.8 Å². The molecule has 0 aromatic heterocycles. The van der Waals surface area contributed by atoms with E-state index in [0.717, 1.165) is 12.8 Å². The molecule has 1 amide bonds. The van der Waals surface area contributed by atoms with Gasteiger partial charge in [0.1, 0.15) is 0 Å². The molecule has 0 saturated heterocycles. The molecular formula is C12H20BrNO. The van der Waals surface area contributed by atoms with Crippen molar-refractivity contribution in [1.29, 1.82) is 0 Å². The number of hydrogen-bond donors (Lipinski definition) is 1. The molecule has 3 atom stereocenters. The fraction of sp³-hybridized carbons (Fsp3) is 0.917. The van der Waals surface area contributed by atoms with E-state index in [2.05, 4.69) is 35.1 Å². The van der Waals surface area contributed by atoms with Crippen molar-refractivity contribution in [1.82, 2.24) is 5.32 Å². The molecule has 2 saturated carbocycles. The van der Waals surface area contributed by atoms with E-state index < -0.39 is 0 Å². The summed E-state index contributed by atoms with van der Waals surface area (Å²) in [5, 5.41) is 3.20. The zero-order chi connectivity index (χ0) is 11.1. The Labute approximate surface area is 100 Å². The second-order valence-electron chi connectivity index (χ2n) is 5.66. The Morgan fingerprint density at radius 3 is 2.47 bits per heavy atom. The lowest BCUT2D eigenvalue weighted by Gasteiger charge is -2.28. The van der Waals surface area contributed by atoms with E-state index in [4.69, 9.17) is 0 Å². The Kier molecular flexibility index (Phi) is 3.11. The van der Waals surface area contributed by atoms with Crippen LogP contribution in [0.1, 0.15) is 46.0 Å². The predicted octanol–water partition coefficient (Wildman–Crippen LogP) is 2.85. The number of hydrogen-bond acceptors (Lipinski definition) is 1. The molecule has 0 aromatic rings. The van der Waals surface area contributed by atoms with Gasteiger partial charge in [0.05, 0.1) is 0 Å². The van der Waals surface area contributed by atoms with Gasteiger partial charge < -0.3 is 5.32 Å². The predicted molar refractivity (Wildman–Crippen MR) is 65.0 cm³/mol. The van der Waals surface area contributed by atoms with Crippen LogP contribution >= 0.6 is 15.9 Å². The van der Waals surface area contributed by atoms with E-state index in [0.29, 0.717) is 10.9 Å². The average Bonchev–Trinajstić information content (AvgIpc) is 2.79. The van der Waals surface area contributed by atoms with E-state index in [1.54, 1.807) is 0 Å². The highest BCUT2D eigenvalue weighted by Gasteiger charge is 2.51. The fourth-order valence-electron chi connectivity index (χ4n) is 2.45. The first kappa shape index (κ1) is 11.4. The van der Waals surface area contributed by atoms with Gasteiger partial charge in [0, 0.05) is 16.8 Å². The van der Waals surface area contributed by atoms with Gasteiger partial charge in [-0.3, -0.25) is 4.79 Å². The van der Waals surface area contributed by atoms with Crippen LogP contribution in [0.25, 0.3) is 0 Å². The van der Waals surface area contributed by atoms with Crippen LogP contribution in [0.2, 0.25) is 0 Å². The topological polar surface area (TPSA) is 29.1 Å². The molecule has 0 radical (unpaired) electrons. The average molecular weight is 274 g/mol. The summed E-state index contributed by atoms with van der Waals surface area (Å²) in [6, 6.07) is 0.364. The molecule has 0 heterocycles. The number of nitrogens with one attached hydrogen (secondary N) is 1. The summed E-state index contributed by atoms with van der Waals surface area (Å²) >= 11 is 3.67. The molecule has 2 rings (SSSR count). The summed E-state index contributed by atoms with van der Waals surface area (Å²) in [6.07, 6.45) is 5.92. The van der Waals surface area contributed by atoms with Gasteiger partial charge >= 0.3 is 0 Å². The van der Waals surface area contributed by atoms with Crippen LogP contribution in [0.15, 0.2) is 0 Å². The minimum Gasteiger partial charge on any atom is -0.352 e. The summed E-state index contributed by atoms with van der Waals surface area (Å²) in [5.41, 5.74) is 0.251. The molecule has 2 fully saturated rings. The lowest BCUT2D eigenvalue weighted by molar-refractivity contribution is -0.123. The Morgan fingerprint density at radius 2 is 1.93 bits per heavy atom. The van der Waals surface area contributed by atoms with Gasteiger partial charge in [-0.1, -0.05) is 42.6 Å². The molecule has 1 N–H and O–H groups in total. The molecule has 0 aromatic carbocycles. The minimum absolute atomic E-state index is 0.251. The molecule has 2 aliphatic rings. The van der Waals surface area contributed by atoms with E-state index in [9.17, 15) is 4.79 Å². The smallest absolute Gasteiger partial charge is 0.223 e. The standard InChI is InChI=1S/C12H20BrNO/c1-12(2)7-8(12)11(15)14-10-6-4-3-5-9(10)13/h8-10H,3-7H2,1-2H3,(H,14,15). The first-order chi connectivity index (χ1) is 7.00. The normalized spacial score (nSPS) is 38.5. The summed E-state index contributed by atoms with van der Waals surface area (Å²) < 4.78 is 0. The molecular weight excluding hydrogens is 254 g/mol. The van der Waals surface area contributed by atoms with Crippen molar-refractivity contribution < 1.29 is 4.79 Å². The molecule has 3 heteroatoms. The largest absolute Gasteiger partial charge is 0.352 e. The Hall–Kier alpha value is -0.0500. The Morgan fingerprint density at radius 1 is 1.33 bits per heavy atom. The zero-order valence-electron chi connectivity index (χ0n) is 9.55. The molecule has 0 bridgehead atoms. The summed E-state index contributed by atoms with van der Waals surface area (Å²) in [6.45, 7) is 4.34. The lowest BCUT2D eigenvalue weighted by atomic mass is 9.95. The summed E-state index contributed by atoms with van der Waals surface area (Å²) in [4.78, 5) is 12.4. The van der Waals surface area contributed by atoms with Crippen molar-refractivity contribution in [3.63, 3.8) is 0 Å². The van der Waals surface area contributed by atoms with Crippen LogP contribution in [0.3, 0.4) is 0 Å². The Bertz CT molecular complexity index is 264. The van der Waals surface area contributed by atoms with Gasteiger partial charge in [-0.25, -0.2) is 0 Å². The van der Waals surface area contributed by atoms with E-state index in [1.165, 1.54) is 19.3 Å². The fourth-order valence-corrected chi connectivity index (χ4v) is 3.17. The highest BCUT2D eigenvalue weighted by atomic mass is 79.9. The van der Waals surface area contributed by atoms with Gasteiger partial charge in [-0.15, -0.1) is 0 Å². The van der Waals surface area contributed by atoms with Gasteiger partial charge in [0.2, 0.25) is 5.91 Å². The Balaban J connectivity index is 1.83. The maximum absolute atomic E-state index is 11.9. The van der Waals surface area contributed by atoms with Crippen LogP contribution in [0.4, 0.5) is 0 Å².